The zero-order chi connectivity index (χ0) is 12.1. The highest BCUT2D eigenvalue weighted by Crippen LogP contribution is 2.30. The third kappa shape index (κ3) is 1.56. The van der Waals surface area contributed by atoms with Gasteiger partial charge < -0.3 is 10.2 Å². The number of fused-ring (bicyclic) bond motifs is 3. The summed E-state index contributed by atoms with van der Waals surface area (Å²) in [5.41, 5.74) is 1.76. The predicted molar refractivity (Wildman–Crippen MR) is 72.1 cm³/mol. The number of anilines is 1. The number of rotatable bonds is 1. The number of aromatic nitrogens is 2. The molecule has 92 valence electrons. The van der Waals surface area contributed by atoms with Crippen molar-refractivity contribution in [1.29, 1.82) is 0 Å². The van der Waals surface area contributed by atoms with Crippen LogP contribution in [0.3, 0.4) is 0 Å². The fourth-order valence-electron chi connectivity index (χ4n) is 2.86. The first-order valence-electron chi connectivity index (χ1n) is 6.23. The van der Waals surface area contributed by atoms with Crippen molar-refractivity contribution < 1.29 is 0 Å². The van der Waals surface area contributed by atoms with Crippen LogP contribution in [0.25, 0.3) is 11.0 Å². The summed E-state index contributed by atoms with van der Waals surface area (Å²) in [4.78, 5) is 11.3. The molecule has 0 amide bonds. The molecule has 0 saturated carbocycles. The Kier molecular flexibility index (Phi) is 2.22. The number of piperazine rings is 1. The maximum atomic E-state index is 6.26. The van der Waals surface area contributed by atoms with E-state index in [-0.39, 0.29) is 0 Å². The summed E-state index contributed by atoms with van der Waals surface area (Å²) >= 11 is 6.26. The van der Waals surface area contributed by atoms with Crippen molar-refractivity contribution in [2.24, 2.45) is 0 Å². The van der Waals surface area contributed by atoms with Crippen LogP contribution in [0.2, 0.25) is 5.15 Å². The lowest BCUT2D eigenvalue weighted by Gasteiger charge is -2.48. The molecule has 4 nitrogen and oxygen atoms in total. The van der Waals surface area contributed by atoms with Gasteiger partial charge in [-0.15, -0.1) is 0 Å². The highest BCUT2D eigenvalue weighted by molar-refractivity contribution is 6.32. The number of piperidine rings is 1. The molecule has 3 fully saturated rings. The van der Waals surface area contributed by atoms with E-state index >= 15 is 0 Å². The predicted octanol–water partition coefficient (Wildman–Crippen LogP) is 1.83. The lowest BCUT2D eigenvalue weighted by molar-refractivity contribution is 0.225. The topological polar surface area (TPSA) is 41.1 Å². The minimum Gasteiger partial charge on any atom is -0.351 e. The number of nitrogens with one attached hydrogen (secondary N) is 1. The molecule has 3 aliphatic rings. The van der Waals surface area contributed by atoms with Gasteiger partial charge in [0, 0.05) is 25.2 Å². The molecule has 2 aromatic rings. The molecular weight excluding hydrogens is 248 g/mol. The standard InChI is InChI=1S/C13H13ClN4/c14-12-13(18-6-8-5-9(7-18)15-8)17-11-4-2-1-3-10(11)16-12/h1-4,8-9,15H,5-7H2. The van der Waals surface area contributed by atoms with Crippen molar-refractivity contribution in [1.82, 2.24) is 15.3 Å². The van der Waals surface area contributed by atoms with Crippen LogP contribution >= 0.6 is 11.6 Å². The lowest BCUT2D eigenvalue weighted by Crippen LogP contribution is -2.67. The molecule has 5 heteroatoms. The van der Waals surface area contributed by atoms with Crippen molar-refractivity contribution in [2.75, 3.05) is 18.0 Å². The summed E-state index contributed by atoms with van der Waals surface area (Å²) in [6, 6.07) is 9.02. The van der Waals surface area contributed by atoms with Gasteiger partial charge in [-0.1, -0.05) is 23.7 Å². The van der Waals surface area contributed by atoms with E-state index in [0.717, 1.165) is 29.9 Å². The van der Waals surface area contributed by atoms with Crippen molar-refractivity contribution in [2.45, 2.75) is 18.5 Å². The Bertz CT molecular complexity index is 599. The second-order valence-electron chi connectivity index (χ2n) is 5.03. The number of para-hydroxylation sites is 2. The highest BCUT2D eigenvalue weighted by atomic mass is 35.5. The quantitative estimate of drug-likeness (QED) is 0.850. The molecule has 3 saturated heterocycles. The van der Waals surface area contributed by atoms with Crippen LogP contribution in [0, 0.1) is 0 Å². The van der Waals surface area contributed by atoms with Gasteiger partial charge in [-0.05, 0) is 18.6 Å². The molecule has 1 N–H and O–H groups in total. The minimum atomic E-state index is 0.509. The molecular formula is C13H13ClN4. The van der Waals surface area contributed by atoms with Crippen LogP contribution in [-0.2, 0) is 0 Å². The van der Waals surface area contributed by atoms with Crippen LogP contribution in [0.15, 0.2) is 24.3 Å². The zero-order valence-corrected chi connectivity index (χ0v) is 10.6. The number of halogens is 1. The van der Waals surface area contributed by atoms with Gasteiger partial charge in [0.25, 0.3) is 0 Å². The zero-order valence-electron chi connectivity index (χ0n) is 9.81. The Morgan fingerprint density at radius 2 is 1.72 bits per heavy atom. The summed E-state index contributed by atoms with van der Waals surface area (Å²) in [6.07, 6.45) is 1.27. The van der Waals surface area contributed by atoms with E-state index < -0.39 is 0 Å². The Hall–Kier alpha value is -1.39. The van der Waals surface area contributed by atoms with Gasteiger partial charge in [-0.2, -0.15) is 0 Å². The van der Waals surface area contributed by atoms with Crippen LogP contribution < -0.4 is 10.2 Å². The normalized spacial score (nSPS) is 26.2. The average Bonchev–Trinajstić information content (AvgIpc) is 2.37. The molecule has 1 aromatic carbocycles. The molecule has 4 heterocycles. The second-order valence-corrected chi connectivity index (χ2v) is 5.39. The molecule has 0 radical (unpaired) electrons. The smallest absolute Gasteiger partial charge is 0.172 e. The summed E-state index contributed by atoms with van der Waals surface area (Å²) in [5, 5.41) is 4.01. The van der Waals surface area contributed by atoms with E-state index in [4.69, 9.17) is 11.6 Å². The number of hydrogen-bond donors (Lipinski definition) is 1. The Morgan fingerprint density at radius 3 is 2.39 bits per heavy atom. The van der Waals surface area contributed by atoms with Crippen LogP contribution in [-0.4, -0.2) is 35.1 Å². The summed E-state index contributed by atoms with van der Waals surface area (Å²) in [6.45, 7) is 1.95. The first-order valence-corrected chi connectivity index (χ1v) is 6.61. The maximum absolute atomic E-state index is 6.26. The van der Waals surface area contributed by atoms with Crippen LogP contribution in [0.1, 0.15) is 6.42 Å². The van der Waals surface area contributed by atoms with E-state index in [0.29, 0.717) is 17.2 Å². The molecule has 3 aliphatic heterocycles. The van der Waals surface area contributed by atoms with Crippen molar-refractivity contribution in [3.8, 4) is 0 Å². The number of hydrogen-bond acceptors (Lipinski definition) is 4. The molecule has 18 heavy (non-hydrogen) atoms. The van der Waals surface area contributed by atoms with Crippen molar-refractivity contribution >= 4 is 28.5 Å². The first kappa shape index (κ1) is 10.5. The Balaban J connectivity index is 1.77. The molecule has 1 aromatic heterocycles. The van der Waals surface area contributed by atoms with Gasteiger partial charge in [-0.3, -0.25) is 0 Å². The van der Waals surface area contributed by atoms with E-state index in [2.05, 4.69) is 20.2 Å². The van der Waals surface area contributed by atoms with E-state index in [1.54, 1.807) is 0 Å². The lowest BCUT2D eigenvalue weighted by atomic mass is 9.91. The summed E-state index contributed by atoms with van der Waals surface area (Å²) in [5.74, 6) is 0.826. The van der Waals surface area contributed by atoms with Crippen LogP contribution in [0.4, 0.5) is 5.82 Å². The molecule has 2 atom stereocenters. The fraction of sp³-hybridized carbons (Fsp3) is 0.385. The minimum absolute atomic E-state index is 0.509. The number of nitrogens with zero attached hydrogens (tertiary/aromatic N) is 3. The van der Waals surface area contributed by atoms with Gasteiger partial charge in [0.15, 0.2) is 11.0 Å². The van der Waals surface area contributed by atoms with E-state index in [9.17, 15) is 0 Å². The summed E-state index contributed by atoms with van der Waals surface area (Å²) in [7, 11) is 0. The highest BCUT2D eigenvalue weighted by Gasteiger charge is 2.37. The van der Waals surface area contributed by atoms with Gasteiger partial charge >= 0.3 is 0 Å². The summed E-state index contributed by atoms with van der Waals surface area (Å²) < 4.78 is 0. The Morgan fingerprint density at radius 1 is 1.11 bits per heavy atom. The Labute approximate surface area is 110 Å². The maximum Gasteiger partial charge on any atom is 0.172 e. The van der Waals surface area contributed by atoms with E-state index in [1.807, 2.05) is 24.3 Å². The molecule has 2 unspecified atom stereocenters. The SMILES string of the molecule is Clc1nc2ccccc2nc1N1CC2CC(C1)N2. The molecule has 0 aliphatic carbocycles. The molecule has 0 spiro atoms. The largest absolute Gasteiger partial charge is 0.351 e. The van der Waals surface area contributed by atoms with E-state index in [1.165, 1.54) is 6.42 Å². The third-order valence-electron chi connectivity index (χ3n) is 3.73. The third-order valence-corrected chi connectivity index (χ3v) is 3.99. The van der Waals surface area contributed by atoms with Crippen molar-refractivity contribution in [3.05, 3.63) is 29.4 Å². The van der Waals surface area contributed by atoms with Gasteiger partial charge in [0.1, 0.15) is 0 Å². The second kappa shape index (κ2) is 3.80. The monoisotopic (exact) mass is 260 g/mol. The first-order chi connectivity index (χ1) is 8.79. The molecule has 5 rings (SSSR count). The average molecular weight is 261 g/mol. The van der Waals surface area contributed by atoms with Crippen molar-refractivity contribution in [3.63, 3.8) is 0 Å². The van der Waals surface area contributed by atoms with Gasteiger partial charge in [-0.25, -0.2) is 9.97 Å². The van der Waals surface area contributed by atoms with Crippen LogP contribution in [0.5, 0.6) is 0 Å². The van der Waals surface area contributed by atoms with Gasteiger partial charge in [0.05, 0.1) is 11.0 Å². The number of benzene rings is 1. The fourth-order valence-corrected chi connectivity index (χ4v) is 3.11. The molecule has 2 bridgehead atoms. The van der Waals surface area contributed by atoms with Gasteiger partial charge in [0.2, 0.25) is 0 Å².